The second-order valence-corrected chi connectivity index (χ2v) is 3.13. The van der Waals surface area contributed by atoms with Gasteiger partial charge in [-0.15, -0.1) is 0 Å². The topological polar surface area (TPSA) is 80.7 Å². The highest BCUT2D eigenvalue weighted by atomic mass is 32.1. The number of rotatable bonds is 4. The van der Waals surface area contributed by atoms with Gasteiger partial charge >= 0.3 is 0 Å². The summed E-state index contributed by atoms with van der Waals surface area (Å²) in [6.45, 7) is 2.49. The van der Waals surface area contributed by atoms with Crippen LogP contribution in [0.4, 0.5) is 0 Å². The molecule has 0 aliphatic carbocycles. The van der Waals surface area contributed by atoms with Crippen molar-refractivity contribution in [2.45, 2.75) is 13.3 Å². The van der Waals surface area contributed by atoms with Gasteiger partial charge in [-0.1, -0.05) is 16.5 Å². The molecule has 0 aromatic carbocycles. The minimum Gasteiger partial charge on any atom is -0.470 e. The van der Waals surface area contributed by atoms with Gasteiger partial charge in [0.2, 0.25) is 0 Å². The third kappa shape index (κ3) is 2.90. The molecule has 0 bridgehead atoms. The average molecular weight is 201 g/mol. The van der Waals surface area contributed by atoms with Gasteiger partial charge in [0.25, 0.3) is 5.19 Å². The fourth-order valence-electron chi connectivity index (χ4n) is 0.780. The first-order valence-corrected chi connectivity index (χ1v) is 4.67. The molecule has 1 heterocycles. The molecule has 3 N–H and O–H groups in total. The zero-order chi connectivity index (χ0) is 9.68. The fourth-order valence-corrected chi connectivity index (χ4v) is 1.51. The quantitative estimate of drug-likeness (QED) is 0.327. The van der Waals surface area contributed by atoms with E-state index in [1.54, 1.807) is 0 Å². The Morgan fingerprint density at radius 2 is 2.62 bits per heavy atom. The molecule has 0 spiro atoms. The van der Waals surface area contributed by atoms with E-state index in [0.29, 0.717) is 18.2 Å². The lowest BCUT2D eigenvalue weighted by atomic mass is 10.3. The minimum absolute atomic E-state index is 0.147. The third-order valence-corrected chi connectivity index (χ3v) is 2.09. The Labute approximate surface area is 79.8 Å². The smallest absolute Gasteiger partial charge is 0.273 e. The van der Waals surface area contributed by atoms with Crippen molar-refractivity contribution >= 4 is 17.2 Å². The molecule has 13 heavy (non-hydrogen) atoms. The Bertz CT molecular complexity index is 298. The van der Waals surface area contributed by atoms with Crippen LogP contribution >= 0.6 is 11.3 Å². The van der Waals surface area contributed by atoms with Gasteiger partial charge in [-0.05, 0) is 6.92 Å². The van der Waals surface area contributed by atoms with Crippen LogP contribution in [0.15, 0.2) is 10.5 Å². The van der Waals surface area contributed by atoms with Gasteiger partial charge in [0.05, 0.1) is 18.7 Å². The number of ether oxygens (including phenoxy) is 1. The highest BCUT2D eigenvalue weighted by Gasteiger charge is 2.03. The van der Waals surface area contributed by atoms with Crippen LogP contribution in [-0.4, -0.2) is 22.6 Å². The second kappa shape index (κ2) is 4.66. The van der Waals surface area contributed by atoms with Gasteiger partial charge in [-0.3, -0.25) is 0 Å². The molecule has 0 radical (unpaired) electrons. The van der Waals surface area contributed by atoms with Crippen LogP contribution < -0.4 is 10.5 Å². The molecule has 1 rings (SSSR count). The predicted octanol–water partition coefficient (Wildman–Crippen LogP) is 0.831. The van der Waals surface area contributed by atoms with E-state index >= 15 is 0 Å². The number of hydrogen-bond donors (Lipinski definition) is 2. The molecule has 0 aliphatic rings. The summed E-state index contributed by atoms with van der Waals surface area (Å²) >= 11 is 1.40. The molecule has 0 fully saturated rings. The van der Waals surface area contributed by atoms with Gasteiger partial charge < -0.3 is 15.7 Å². The van der Waals surface area contributed by atoms with Crippen molar-refractivity contribution in [3.05, 3.63) is 11.1 Å². The molecule has 1 aromatic heterocycles. The standard InChI is InChI=1S/C7H11N3O2S/c1-2-12-7-9-5(4-13-7)3-6(8)10-11/h4,11H,2-3H2,1H3,(H2,8,10). The predicted molar refractivity (Wildman–Crippen MR) is 50.4 cm³/mol. The van der Waals surface area contributed by atoms with Crippen molar-refractivity contribution in [3.8, 4) is 5.19 Å². The van der Waals surface area contributed by atoms with Crippen LogP contribution in [0.5, 0.6) is 5.19 Å². The van der Waals surface area contributed by atoms with Crippen LogP contribution in [0.2, 0.25) is 0 Å². The summed E-state index contributed by atoms with van der Waals surface area (Å²) in [5.41, 5.74) is 6.07. The number of nitrogens with two attached hydrogens (primary N) is 1. The first-order valence-electron chi connectivity index (χ1n) is 3.80. The average Bonchev–Trinajstić information content (AvgIpc) is 2.53. The Kier molecular flexibility index (Phi) is 3.51. The molecule has 0 atom stereocenters. The van der Waals surface area contributed by atoms with Crippen LogP contribution in [0, 0.1) is 0 Å². The zero-order valence-corrected chi connectivity index (χ0v) is 8.04. The maximum Gasteiger partial charge on any atom is 0.273 e. The van der Waals surface area contributed by atoms with Crippen molar-refractivity contribution in [2.75, 3.05) is 6.61 Å². The number of oxime groups is 1. The second-order valence-electron chi connectivity index (χ2n) is 2.31. The molecule has 0 amide bonds. The van der Waals surface area contributed by atoms with E-state index in [1.807, 2.05) is 12.3 Å². The largest absolute Gasteiger partial charge is 0.470 e. The molecule has 6 heteroatoms. The molecule has 0 unspecified atom stereocenters. The van der Waals surface area contributed by atoms with E-state index in [2.05, 4.69) is 10.1 Å². The lowest BCUT2D eigenvalue weighted by Gasteiger charge is -1.94. The van der Waals surface area contributed by atoms with Crippen molar-refractivity contribution in [3.63, 3.8) is 0 Å². The highest BCUT2D eigenvalue weighted by Crippen LogP contribution is 2.17. The number of amidine groups is 1. The number of nitrogens with zero attached hydrogens (tertiary/aromatic N) is 2. The van der Waals surface area contributed by atoms with E-state index in [-0.39, 0.29) is 5.84 Å². The maximum atomic E-state index is 8.31. The minimum atomic E-state index is 0.147. The Morgan fingerprint density at radius 3 is 3.23 bits per heavy atom. The van der Waals surface area contributed by atoms with Gasteiger partial charge in [0.15, 0.2) is 0 Å². The summed E-state index contributed by atoms with van der Waals surface area (Å²) in [5.74, 6) is 0.147. The Balaban J connectivity index is 2.58. The number of aromatic nitrogens is 1. The van der Waals surface area contributed by atoms with Crippen molar-refractivity contribution in [1.82, 2.24) is 4.98 Å². The molecule has 0 saturated heterocycles. The lowest BCUT2D eigenvalue weighted by molar-refractivity contribution is 0.317. The summed E-state index contributed by atoms with van der Waals surface area (Å²) in [5, 5.41) is 13.6. The van der Waals surface area contributed by atoms with E-state index in [1.165, 1.54) is 11.3 Å². The molecule has 72 valence electrons. The van der Waals surface area contributed by atoms with Crippen molar-refractivity contribution < 1.29 is 9.94 Å². The summed E-state index contributed by atoms with van der Waals surface area (Å²) < 4.78 is 5.17. The highest BCUT2D eigenvalue weighted by molar-refractivity contribution is 7.11. The molecule has 1 aromatic rings. The summed E-state index contributed by atoms with van der Waals surface area (Å²) in [4.78, 5) is 4.11. The lowest BCUT2D eigenvalue weighted by Crippen LogP contribution is -2.14. The van der Waals surface area contributed by atoms with E-state index in [0.717, 1.165) is 5.69 Å². The van der Waals surface area contributed by atoms with Crippen LogP contribution in [0.25, 0.3) is 0 Å². The zero-order valence-electron chi connectivity index (χ0n) is 7.23. The normalized spacial score (nSPS) is 11.6. The fraction of sp³-hybridized carbons (Fsp3) is 0.429. The molecule has 0 saturated carbocycles. The molecular formula is C7H11N3O2S. The number of hydrogen-bond acceptors (Lipinski definition) is 5. The summed E-state index contributed by atoms with van der Waals surface area (Å²) in [7, 11) is 0. The van der Waals surface area contributed by atoms with Gasteiger partial charge in [0, 0.05) is 5.38 Å². The van der Waals surface area contributed by atoms with Gasteiger partial charge in [-0.25, -0.2) is 4.98 Å². The van der Waals surface area contributed by atoms with Crippen LogP contribution in [0.1, 0.15) is 12.6 Å². The Hall–Kier alpha value is -1.30. The number of thiazole rings is 1. The third-order valence-electron chi connectivity index (χ3n) is 1.29. The first kappa shape index (κ1) is 9.79. The van der Waals surface area contributed by atoms with Crippen LogP contribution in [-0.2, 0) is 6.42 Å². The van der Waals surface area contributed by atoms with Gasteiger partial charge in [0.1, 0.15) is 5.84 Å². The molecular weight excluding hydrogens is 190 g/mol. The monoisotopic (exact) mass is 201 g/mol. The van der Waals surface area contributed by atoms with E-state index in [9.17, 15) is 0 Å². The maximum absolute atomic E-state index is 8.31. The van der Waals surface area contributed by atoms with E-state index < -0.39 is 0 Å². The molecule has 5 nitrogen and oxygen atoms in total. The van der Waals surface area contributed by atoms with Crippen molar-refractivity contribution in [2.24, 2.45) is 10.9 Å². The van der Waals surface area contributed by atoms with E-state index in [4.69, 9.17) is 15.7 Å². The van der Waals surface area contributed by atoms with Crippen molar-refractivity contribution in [1.29, 1.82) is 0 Å². The molecule has 0 aliphatic heterocycles. The Morgan fingerprint density at radius 1 is 1.85 bits per heavy atom. The summed E-state index contributed by atoms with van der Waals surface area (Å²) in [6.07, 6.45) is 0.347. The van der Waals surface area contributed by atoms with Crippen LogP contribution in [0.3, 0.4) is 0 Å². The van der Waals surface area contributed by atoms with Gasteiger partial charge in [-0.2, -0.15) is 0 Å². The summed E-state index contributed by atoms with van der Waals surface area (Å²) in [6, 6.07) is 0. The SMILES string of the molecule is CCOc1nc(C/C(N)=N/O)cs1. The first-order chi connectivity index (χ1) is 6.26.